The maximum atomic E-state index is 13.0. The Hall–Kier alpha value is -1.48. The molecular formula is C29H50F6O4. The highest BCUT2D eigenvalue weighted by molar-refractivity contribution is 5.78. The van der Waals surface area contributed by atoms with Gasteiger partial charge in [-0.3, -0.25) is 9.59 Å². The fourth-order valence-corrected chi connectivity index (χ4v) is 4.54. The molecule has 1 fully saturated rings. The smallest absolute Gasteiger partial charge is 0.404 e. The molecule has 2 unspecified atom stereocenters. The highest BCUT2D eigenvalue weighted by atomic mass is 19.4. The van der Waals surface area contributed by atoms with Crippen molar-refractivity contribution in [1.82, 2.24) is 0 Å². The Labute approximate surface area is 231 Å². The second kappa shape index (κ2) is 13.9. The van der Waals surface area contributed by atoms with Gasteiger partial charge in [-0.05, 0) is 75.5 Å². The molecule has 232 valence electrons. The predicted octanol–water partition coefficient (Wildman–Crippen LogP) is 9.30. The van der Waals surface area contributed by atoms with E-state index in [1.807, 2.05) is 27.7 Å². The molecule has 0 aliphatic heterocycles. The largest absolute Gasteiger partial charge is 0.462 e. The summed E-state index contributed by atoms with van der Waals surface area (Å²) in [5.41, 5.74) is -4.62. The van der Waals surface area contributed by atoms with Crippen molar-refractivity contribution < 1.29 is 45.4 Å². The van der Waals surface area contributed by atoms with Crippen LogP contribution in [0.1, 0.15) is 115 Å². The molecule has 1 saturated carbocycles. The van der Waals surface area contributed by atoms with Crippen molar-refractivity contribution in [1.29, 1.82) is 0 Å². The molecule has 1 rings (SSSR count). The minimum Gasteiger partial charge on any atom is -0.462 e. The number of carbonyl (C=O) groups is 2. The summed E-state index contributed by atoms with van der Waals surface area (Å²) in [6.07, 6.45) is -7.53. The highest BCUT2D eigenvalue weighted by Crippen LogP contribution is 2.44. The maximum absolute atomic E-state index is 13.0. The molecule has 0 bridgehead atoms. The molecule has 0 spiro atoms. The molecule has 0 saturated heterocycles. The van der Waals surface area contributed by atoms with Gasteiger partial charge in [-0.25, -0.2) is 0 Å². The van der Waals surface area contributed by atoms with Crippen LogP contribution < -0.4 is 0 Å². The average molecular weight is 577 g/mol. The molecule has 0 aromatic heterocycles. The zero-order chi connectivity index (χ0) is 31.2. The van der Waals surface area contributed by atoms with Crippen molar-refractivity contribution in [2.45, 2.75) is 139 Å². The Kier molecular flexibility index (Phi) is 13.4. The third kappa shape index (κ3) is 9.83. The minimum absolute atomic E-state index is 0.0108. The van der Waals surface area contributed by atoms with Gasteiger partial charge < -0.3 is 9.47 Å². The summed E-state index contributed by atoms with van der Waals surface area (Å²) in [6.45, 7) is 18.3. The first-order valence-corrected chi connectivity index (χ1v) is 13.9. The van der Waals surface area contributed by atoms with Crippen molar-refractivity contribution in [2.24, 2.45) is 34.0 Å². The summed E-state index contributed by atoms with van der Waals surface area (Å²) in [7, 11) is 0. The molecule has 10 heteroatoms. The van der Waals surface area contributed by atoms with Gasteiger partial charge in [-0.1, -0.05) is 62.3 Å². The fraction of sp³-hybridized carbons (Fsp3) is 0.931. The number of ether oxygens (including phenoxy) is 2. The molecule has 0 N–H and O–H groups in total. The lowest BCUT2D eigenvalue weighted by molar-refractivity contribution is -0.236. The van der Waals surface area contributed by atoms with Crippen LogP contribution >= 0.6 is 0 Å². The van der Waals surface area contributed by atoms with Crippen molar-refractivity contribution in [3.63, 3.8) is 0 Å². The Morgan fingerprint density at radius 1 is 0.692 bits per heavy atom. The zero-order valence-electron chi connectivity index (χ0n) is 25.5. The lowest BCUT2D eigenvalue weighted by Gasteiger charge is -2.38. The second-order valence-electron chi connectivity index (χ2n) is 13.0. The van der Waals surface area contributed by atoms with Crippen LogP contribution in [-0.4, -0.2) is 36.5 Å². The van der Waals surface area contributed by atoms with E-state index in [1.165, 1.54) is 13.8 Å². The SMILES string of the molecule is CCC(C)(C(=O)OC(C(C)C)C(C)C)C(F)(F)F.CCC(C)(C(=O)OC1CCC(C(C)(C)C)CC1)C(F)(F)F. The predicted molar refractivity (Wildman–Crippen MR) is 140 cm³/mol. The van der Waals surface area contributed by atoms with Gasteiger partial charge in [0.15, 0.2) is 10.8 Å². The van der Waals surface area contributed by atoms with E-state index in [9.17, 15) is 35.9 Å². The summed E-state index contributed by atoms with van der Waals surface area (Å²) in [5.74, 6) is -1.79. The number of rotatable bonds is 8. The molecule has 0 aromatic carbocycles. The molecule has 2 atom stereocenters. The maximum Gasteiger partial charge on any atom is 0.404 e. The lowest BCUT2D eigenvalue weighted by atomic mass is 9.72. The Balaban J connectivity index is 0.000000751. The molecule has 0 radical (unpaired) electrons. The third-order valence-electron chi connectivity index (χ3n) is 8.30. The van der Waals surface area contributed by atoms with Crippen LogP contribution in [0.2, 0.25) is 0 Å². The van der Waals surface area contributed by atoms with Gasteiger partial charge in [-0.15, -0.1) is 0 Å². The van der Waals surface area contributed by atoms with Gasteiger partial charge in [0, 0.05) is 0 Å². The quantitative estimate of drug-likeness (QED) is 0.213. The summed E-state index contributed by atoms with van der Waals surface area (Å²) >= 11 is 0. The Morgan fingerprint density at radius 2 is 1.05 bits per heavy atom. The minimum atomic E-state index is -4.59. The molecular weight excluding hydrogens is 526 g/mol. The normalized spacial score (nSPS) is 22.1. The Morgan fingerprint density at radius 3 is 1.33 bits per heavy atom. The summed E-state index contributed by atoms with van der Waals surface area (Å²) in [5, 5.41) is 0. The van der Waals surface area contributed by atoms with Crippen molar-refractivity contribution >= 4 is 11.9 Å². The van der Waals surface area contributed by atoms with E-state index in [-0.39, 0.29) is 36.2 Å². The first-order valence-electron chi connectivity index (χ1n) is 13.9. The first-order chi connectivity index (χ1) is 17.4. The number of hydrogen-bond donors (Lipinski definition) is 0. The van der Waals surface area contributed by atoms with Crippen LogP contribution in [0.25, 0.3) is 0 Å². The van der Waals surface area contributed by atoms with Crippen LogP contribution in [0.4, 0.5) is 26.3 Å². The number of hydrogen-bond acceptors (Lipinski definition) is 4. The van der Waals surface area contributed by atoms with Gasteiger partial charge in [0.1, 0.15) is 12.2 Å². The monoisotopic (exact) mass is 576 g/mol. The van der Waals surface area contributed by atoms with Crippen LogP contribution in [0.15, 0.2) is 0 Å². The van der Waals surface area contributed by atoms with Gasteiger partial charge in [0.2, 0.25) is 0 Å². The summed E-state index contributed by atoms with van der Waals surface area (Å²) < 4.78 is 88.1. The summed E-state index contributed by atoms with van der Waals surface area (Å²) in [6, 6.07) is 0. The average Bonchev–Trinajstić information content (AvgIpc) is 2.79. The summed E-state index contributed by atoms with van der Waals surface area (Å²) in [4.78, 5) is 23.8. The van der Waals surface area contributed by atoms with Crippen molar-refractivity contribution in [3.8, 4) is 0 Å². The van der Waals surface area contributed by atoms with Crippen LogP contribution in [-0.2, 0) is 19.1 Å². The first kappa shape index (κ1) is 37.5. The van der Waals surface area contributed by atoms with Crippen molar-refractivity contribution in [2.75, 3.05) is 0 Å². The number of carbonyl (C=O) groups excluding carboxylic acids is 2. The molecule has 1 aliphatic carbocycles. The van der Waals surface area contributed by atoms with E-state index in [0.29, 0.717) is 18.8 Å². The molecule has 4 nitrogen and oxygen atoms in total. The fourth-order valence-electron chi connectivity index (χ4n) is 4.54. The highest BCUT2D eigenvalue weighted by Gasteiger charge is 2.58. The van der Waals surface area contributed by atoms with Gasteiger partial charge >= 0.3 is 24.3 Å². The standard InChI is InChI=1S/C16H27F3O2.C13H23F3O2/c1-6-15(5,16(17,18)19)13(20)21-12-9-7-11(8-10-12)14(2,3)4;1-7-12(6,13(14,15)16)11(17)18-10(8(2)3)9(4)5/h11-12H,6-10H2,1-5H3;8-10H,7H2,1-6H3. The molecule has 0 aromatic rings. The lowest BCUT2D eigenvalue weighted by Crippen LogP contribution is -2.45. The van der Waals surface area contributed by atoms with Crippen molar-refractivity contribution in [3.05, 3.63) is 0 Å². The molecule has 1 aliphatic rings. The second-order valence-corrected chi connectivity index (χ2v) is 13.0. The van der Waals surface area contributed by atoms with E-state index < -0.39 is 41.2 Å². The van der Waals surface area contributed by atoms with E-state index >= 15 is 0 Å². The van der Waals surface area contributed by atoms with Gasteiger partial charge in [0.25, 0.3) is 0 Å². The van der Waals surface area contributed by atoms with E-state index in [1.54, 1.807) is 0 Å². The molecule has 0 amide bonds. The Bertz CT molecular complexity index is 768. The number of halogens is 6. The van der Waals surface area contributed by atoms with Gasteiger partial charge in [-0.2, -0.15) is 26.3 Å². The van der Waals surface area contributed by atoms with E-state index in [4.69, 9.17) is 9.47 Å². The van der Waals surface area contributed by atoms with Crippen LogP contribution in [0.5, 0.6) is 0 Å². The van der Waals surface area contributed by atoms with Gasteiger partial charge in [0.05, 0.1) is 0 Å². The molecule has 0 heterocycles. The third-order valence-corrected chi connectivity index (χ3v) is 8.30. The van der Waals surface area contributed by atoms with E-state index in [2.05, 4.69) is 20.8 Å². The number of esters is 2. The molecule has 39 heavy (non-hydrogen) atoms. The zero-order valence-corrected chi connectivity index (χ0v) is 25.5. The van der Waals surface area contributed by atoms with Crippen LogP contribution in [0.3, 0.4) is 0 Å². The van der Waals surface area contributed by atoms with Crippen LogP contribution in [0, 0.1) is 34.0 Å². The van der Waals surface area contributed by atoms with E-state index in [0.717, 1.165) is 26.7 Å². The number of alkyl halides is 6. The topological polar surface area (TPSA) is 52.6 Å².